The molecule has 1 aromatic carbocycles. The van der Waals surface area contributed by atoms with Gasteiger partial charge in [0.2, 0.25) is 5.91 Å². The van der Waals surface area contributed by atoms with Crippen LogP contribution in [0.4, 0.5) is 0 Å². The summed E-state index contributed by atoms with van der Waals surface area (Å²) in [6, 6.07) is 11.3. The molecule has 3 rings (SSSR count). The van der Waals surface area contributed by atoms with E-state index in [1.54, 1.807) is 11.3 Å². The fourth-order valence-corrected chi connectivity index (χ4v) is 4.22. The summed E-state index contributed by atoms with van der Waals surface area (Å²) in [5, 5.41) is 14.9. The molecule has 1 heterocycles. The number of rotatable bonds is 5. The monoisotopic (exact) mass is 377 g/mol. The van der Waals surface area contributed by atoms with Gasteiger partial charge in [-0.05, 0) is 54.8 Å². The van der Waals surface area contributed by atoms with Crippen molar-refractivity contribution in [1.29, 1.82) is 0 Å². The molecule has 0 spiro atoms. The predicted octanol–water partition coefficient (Wildman–Crippen LogP) is 4.50. The third-order valence-corrected chi connectivity index (χ3v) is 5.95. The zero-order valence-electron chi connectivity index (χ0n) is 13.7. The Morgan fingerprint density at radius 1 is 1.08 bits per heavy atom. The molecule has 4 nitrogen and oxygen atoms in total. The number of carbonyl (C=O) groups excluding carboxylic acids is 1. The van der Waals surface area contributed by atoms with Crippen LogP contribution in [0.15, 0.2) is 41.8 Å². The van der Waals surface area contributed by atoms with Gasteiger partial charge in [-0.15, -0.1) is 11.3 Å². The van der Waals surface area contributed by atoms with Gasteiger partial charge in [0.25, 0.3) is 0 Å². The van der Waals surface area contributed by atoms with Gasteiger partial charge in [-0.3, -0.25) is 9.59 Å². The van der Waals surface area contributed by atoms with Crippen LogP contribution in [0.2, 0.25) is 5.02 Å². The first kappa shape index (κ1) is 18.0. The summed E-state index contributed by atoms with van der Waals surface area (Å²) in [5.41, 5.74) is 0.986. The molecule has 1 unspecified atom stereocenters. The molecular formula is C19H20ClNO3S. The molecule has 25 heavy (non-hydrogen) atoms. The summed E-state index contributed by atoms with van der Waals surface area (Å²) in [5.74, 6) is -1.19. The van der Waals surface area contributed by atoms with E-state index < -0.39 is 5.97 Å². The number of nitrogens with one attached hydrogen (secondary N) is 1. The molecule has 1 fully saturated rings. The smallest absolute Gasteiger partial charge is 0.306 e. The first-order valence-electron chi connectivity index (χ1n) is 8.36. The highest BCUT2D eigenvalue weighted by atomic mass is 35.5. The molecule has 0 bridgehead atoms. The second-order valence-electron chi connectivity index (χ2n) is 6.40. The number of aliphatic carboxylic acids is 1. The summed E-state index contributed by atoms with van der Waals surface area (Å²) in [6.45, 7) is 0. The first-order valence-corrected chi connectivity index (χ1v) is 9.62. The van der Waals surface area contributed by atoms with Crippen LogP contribution in [0.25, 0.3) is 0 Å². The Kier molecular flexibility index (Phi) is 5.76. The molecule has 1 atom stereocenters. The minimum Gasteiger partial charge on any atom is -0.481 e. The summed E-state index contributed by atoms with van der Waals surface area (Å²) in [7, 11) is 0. The molecule has 2 N–H and O–H groups in total. The van der Waals surface area contributed by atoms with Crippen molar-refractivity contribution in [3.8, 4) is 0 Å². The van der Waals surface area contributed by atoms with Gasteiger partial charge < -0.3 is 10.4 Å². The highest BCUT2D eigenvalue weighted by molar-refractivity contribution is 7.10. The molecule has 1 aliphatic carbocycles. The quantitative estimate of drug-likeness (QED) is 0.806. The van der Waals surface area contributed by atoms with Crippen LogP contribution in [0, 0.1) is 11.8 Å². The number of hydrogen-bond acceptors (Lipinski definition) is 3. The van der Waals surface area contributed by atoms with Gasteiger partial charge in [-0.25, -0.2) is 0 Å². The number of thiophene rings is 1. The Hall–Kier alpha value is -1.85. The molecule has 132 valence electrons. The van der Waals surface area contributed by atoms with Crippen molar-refractivity contribution in [3.63, 3.8) is 0 Å². The standard InChI is InChI=1S/C19H20ClNO3S/c20-15-9-7-12(8-10-15)17(16-2-1-11-25-16)21-18(22)13-3-5-14(6-4-13)19(23)24/h1-2,7-11,13-14,17H,3-6H2,(H,21,22)(H,23,24). The average Bonchev–Trinajstić information content (AvgIpc) is 3.15. The van der Waals surface area contributed by atoms with Gasteiger partial charge in [0, 0.05) is 15.8 Å². The van der Waals surface area contributed by atoms with Crippen LogP contribution in [0.1, 0.15) is 42.2 Å². The van der Waals surface area contributed by atoms with Crippen LogP contribution >= 0.6 is 22.9 Å². The SMILES string of the molecule is O=C(O)C1CCC(C(=O)NC(c2ccc(Cl)cc2)c2cccs2)CC1. The number of carboxylic acids is 1. The Balaban J connectivity index is 1.71. The summed E-state index contributed by atoms with van der Waals surface area (Å²) < 4.78 is 0. The largest absolute Gasteiger partial charge is 0.481 e. The lowest BCUT2D eigenvalue weighted by Crippen LogP contribution is -2.36. The first-order chi connectivity index (χ1) is 12.0. The Bertz CT molecular complexity index is 722. The van der Waals surface area contributed by atoms with Gasteiger partial charge in [-0.1, -0.05) is 29.8 Å². The molecule has 0 saturated heterocycles. The van der Waals surface area contributed by atoms with Crippen LogP contribution in [0.5, 0.6) is 0 Å². The molecule has 0 aliphatic heterocycles. The molecule has 1 aliphatic rings. The van der Waals surface area contributed by atoms with Gasteiger partial charge in [-0.2, -0.15) is 0 Å². The Labute approximate surface area is 155 Å². The zero-order chi connectivity index (χ0) is 17.8. The number of carboxylic acid groups (broad SMARTS) is 1. The number of halogens is 1. The van der Waals surface area contributed by atoms with Crippen molar-refractivity contribution >= 4 is 34.8 Å². The summed E-state index contributed by atoms with van der Waals surface area (Å²) in [6.07, 6.45) is 2.39. The average molecular weight is 378 g/mol. The van der Waals surface area contributed by atoms with E-state index in [1.165, 1.54) is 0 Å². The van der Waals surface area contributed by atoms with E-state index in [-0.39, 0.29) is 23.8 Å². The molecule has 1 saturated carbocycles. The molecular weight excluding hydrogens is 358 g/mol. The normalized spacial score (nSPS) is 21.5. The lowest BCUT2D eigenvalue weighted by molar-refractivity contribution is -0.144. The number of carbonyl (C=O) groups is 2. The van der Waals surface area contributed by atoms with Crippen LogP contribution in [0.3, 0.4) is 0 Å². The van der Waals surface area contributed by atoms with Crippen molar-refractivity contribution in [3.05, 3.63) is 57.2 Å². The summed E-state index contributed by atoms with van der Waals surface area (Å²) in [4.78, 5) is 24.9. The Morgan fingerprint density at radius 3 is 2.28 bits per heavy atom. The zero-order valence-corrected chi connectivity index (χ0v) is 15.2. The highest BCUT2D eigenvalue weighted by Crippen LogP contribution is 2.31. The highest BCUT2D eigenvalue weighted by Gasteiger charge is 2.31. The van der Waals surface area contributed by atoms with Crippen molar-refractivity contribution in [1.82, 2.24) is 5.32 Å². The van der Waals surface area contributed by atoms with Gasteiger partial charge >= 0.3 is 5.97 Å². The second kappa shape index (κ2) is 8.02. The van der Waals surface area contributed by atoms with Gasteiger partial charge in [0.05, 0.1) is 12.0 Å². The van der Waals surface area contributed by atoms with E-state index >= 15 is 0 Å². The number of benzene rings is 1. The van der Waals surface area contributed by atoms with Crippen molar-refractivity contribution in [2.24, 2.45) is 11.8 Å². The molecule has 6 heteroatoms. The Morgan fingerprint density at radius 2 is 1.72 bits per heavy atom. The fourth-order valence-electron chi connectivity index (χ4n) is 3.29. The minimum atomic E-state index is -0.753. The van der Waals surface area contributed by atoms with E-state index in [0.29, 0.717) is 30.7 Å². The van der Waals surface area contributed by atoms with E-state index in [0.717, 1.165) is 10.4 Å². The number of amides is 1. The van der Waals surface area contributed by atoms with Crippen molar-refractivity contribution in [2.75, 3.05) is 0 Å². The third-order valence-electron chi connectivity index (χ3n) is 4.76. The maximum absolute atomic E-state index is 12.7. The third kappa shape index (κ3) is 4.41. The minimum absolute atomic E-state index is 0.00260. The lowest BCUT2D eigenvalue weighted by atomic mass is 9.81. The maximum atomic E-state index is 12.7. The van der Waals surface area contributed by atoms with Crippen molar-refractivity contribution in [2.45, 2.75) is 31.7 Å². The topological polar surface area (TPSA) is 66.4 Å². The molecule has 2 aromatic rings. The lowest BCUT2D eigenvalue weighted by Gasteiger charge is -2.27. The van der Waals surface area contributed by atoms with E-state index in [2.05, 4.69) is 5.32 Å². The van der Waals surface area contributed by atoms with Gasteiger partial charge in [0.15, 0.2) is 0 Å². The molecule has 1 aromatic heterocycles. The molecule has 1 amide bonds. The van der Waals surface area contributed by atoms with Crippen LogP contribution < -0.4 is 5.32 Å². The fraction of sp³-hybridized carbons (Fsp3) is 0.368. The van der Waals surface area contributed by atoms with E-state index in [1.807, 2.05) is 41.8 Å². The van der Waals surface area contributed by atoms with E-state index in [4.69, 9.17) is 16.7 Å². The van der Waals surface area contributed by atoms with Crippen LogP contribution in [-0.4, -0.2) is 17.0 Å². The molecule has 0 radical (unpaired) electrons. The van der Waals surface area contributed by atoms with Crippen LogP contribution in [-0.2, 0) is 9.59 Å². The number of hydrogen-bond donors (Lipinski definition) is 2. The van der Waals surface area contributed by atoms with Crippen molar-refractivity contribution < 1.29 is 14.7 Å². The van der Waals surface area contributed by atoms with E-state index in [9.17, 15) is 9.59 Å². The summed E-state index contributed by atoms with van der Waals surface area (Å²) >= 11 is 7.57. The van der Waals surface area contributed by atoms with Gasteiger partial charge in [0.1, 0.15) is 0 Å². The maximum Gasteiger partial charge on any atom is 0.306 e. The predicted molar refractivity (Wildman–Crippen MR) is 98.8 cm³/mol. The second-order valence-corrected chi connectivity index (χ2v) is 7.81.